The maximum absolute atomic E-state index is 13.3. The summed E-state index contributed by atoms with van der Waals surface area (Å²) in [5.41, 5.74) is 1.14. The van der Waals surface area contributed by atoms with Gasteiger partial charge in [0.25, 0.3) is 0 Å². The zero-order chi connectivity index (χ0) is 17.9. The molecule has 5 nitrogen and oxygen atoms in total. The molecule has 2 aliphatic rings. The third kappa shape index (κ3) is 2.59. The number of hydrogen-bond donors (Lipinski definition) is 1. The number of halogens is 2. The molecule has 2 heterocycles. The molecule has 0 saturated heterocycles. The number of nitrogens with zero attached hydrogens (tertiary/aromatic N) is 3. The molecule has 0 spiro atoms. The molecule has 1 aliphatic carbocycles. The number of phenolic OH excluding ortho intramolecular Hbond substituents is 1. The lowest BCUT2D eigenvalue weighted by Crippen LogP contribution is -2.46. The Balaban J connectivity index is 1.96. The molecule has 2 atom stereocenters. The van der Waals surface area contributed by atoms with Crippen molar-refractivity contribution in [2.24, 2.45) is 16.3 Å². The number of aromatic hydroxyl groups is 1. The van der Waals surface area contributed by atoms with E-state index >= 15 is 0 Å². The zero-order valence-corrected chi connectivity index (χ0v) is 17.0. The van der Waals surface area contributed by atoms with E-state index in [0.717, 1.165) is 28.8 Å². The molecular formula is C18H17Br2N3O2. The molecule has 7 heteroatoms. The second-order valence-corrected chi connectivity index (χ2v) is 9.00. The molecule has 2 aromatic rings. The van der Waals surface area contributed by atoms with E-state index in [2.05, 4.69) is 42.0 Å². The van der Waals surface area contributed by atoms with E-state index in [0.29, 0.717) is 10.0 Å². The zero-order valence-electron chi connectivity index (χ0n) is 13.8. The quantitative estimate of drug-likeness (QED) is 0.656. The van der Waals surface area contributed by atoms with Gasteiger partial charge in [-0.3, -0.25) is 4.79 Å². The van der Waals surface area contributed by atoms with Gasteiger partial charge >= 0.3 is 0 Å². The van der Waals surface area contributed by atoms with Gasteiger partial charge in [-0.1, -0.05) is 29.8 Å². The van der Waals surface area contributed by atoms with E-state index in [-0.39, 0.29) is 11.5 Å². The molecule has 0 radical (unpaired) electrons. The fraction of sp³-hybridized carbons (Fsp3) is 0.389. The van der Waals surface area contributed by atoms with Gasteiger partial charge in [-0.15, -0.1) is 0 Å². The van der Waals surface area contributed by atoms with Gasteiger partial charge in [0.15, 0.2) is 5.82 Å². The molecule has 1 aromatic carbocycles. The summed E-state index contributed by atoms with van der Waals surface area (Å²) in [7, 11) is 0. The van der Waals surface area contributed by atoms with Crippen molar-refractivity contribution in [2.75, 3.05) is 0 Å². The normalized spacial score (nSPS) is 24.5. The average molecular weight is 467 g/mol. The van der Waals surface area contributed by atoms with Crippen LogP contribution in [-0.2, 0) is 4.79 Å². The van der Waals surface area contributed by atoms with Gasteiger partial charge in [0.2, 0.25) is 0 Å². The van der Waals surface area contributed by atoms with E-state index in [1.54, 1.807) is 16.9 Å². The molecule has 1 saturated carbocycles. The molecular weight excluding hydrogens is 450 g/mol. The van der Waals surface area contributed by atoms with Crippen molar-refractivity contribution >= 4 is 49.2 Å². The number of aromatic nitrogens is 2. The molecule has 130 valence electrons. The smallest absolute Gasteiger partial charge is 0.150 e. The van der Waals surface area contributed by atoms with E-state index in [9.17, 15) is 9.90 Å². The third-order valence-corrected chi connectivity index (χ3v) is 6.24. The average Bonchev–Trinajstić information content (AvgIpc) is 3.01. The van der Waals surface area contributed by atoms with Gasteiger partial charge in [-0.2, -0.15) is 5.10 Å². The Bertz CT molecular complexity index is 917. The van der Waals surface area contributed by atoms with Crippen LogP contribution >= 0.6 is 31.9 Å². The number of hydrogen-bond acceptors (Lipinski definition) is 4. The molecule has 1 fully saturated rings. The van der Waals surface area contributed by atoms with Gasteiger partial charge in [0.1, 0.15) is 11.5 Å². The molecule has 0 amide bonds. The van der Waals surface area contributed by atoms with Crippen LogP contribution in [0.3, 0.4) is 0 Å². The summed E-state index contributed by atoms with van der Waals surface area (Å²) in [5, 5.41) is 15.1. The number of benzene rings is 1. The summed E-state index contributed by atoms with van der Waals surface area (Å²) in [6, 6.07) is 5.07. The maximum Gasteiger partial charge on any atom is 0.150 e. The topological polar surface area (TPSA) is 67.5 Å². The number of phenols is 1. The van der Waals surface area contributed by atoms with Crippen LogP contribution in [0, 0.1) is 11.3 Å². The lowest BCUT2D eigenvalue weighted by Gasteiger charge is -2.41. The Morgan fingerprint density at radius 3 is 2.84 bits per heavy atom. The highest BCUT2D eigenvalue weighted by Gasteiger charge is 2.48. The van der Waals surface area contributed by atoms with Gasteiger partial charge in [0.05, 0.1) is 22.6 Å². The van der Waals surface area contributed by atoms with Crippen LogP contribution in [-0.4, -0.2) is 26.4 Å². The van der Waals surface area contributed by atoms with Crippen LogP contribution in [0.5, 0.6) is 5.75 Å². The molecule has 25 heavy (non-hydrogen) atoms. The fourth-order valence-corrected chi connectivity index (χ4v) is 5.02. The lowest BCUT2D eigenvalue weighted by atomic mass is 9.66. The van der Waals surface area contributed by atoms with Crippen molar-refractivity contribution in [3.05, 3.63) is 38.9 Å². The van der Waals surface area contributed by atoms with E-state index in [1.165, 1.54) is 0 Å². The monoisotopic (exact) mass is 465 g/mol. The van der Waals surface area contributed by atoms with Crippen molar-refractivity contribution in [3.63, 3.8) is 0 Å². The summed E-state index contributed by atoms with van der Waals surface area (Å²) in [6.45, 7) is 3.97. The van der Waals surface area contributed by atoms with Crippen molar-refractivity contribution in [3.8, 4) is 5.75 Å². The Morgan fingerprint density at radius 2 is 2.08 bits per heavy atom. The second kappa shape index (κ2) is 5.77. The first-order valence-electron chi connectivity index (χ1n) is 8.13. The minimum absolute atomic E-state index is 0.132. The predicted molar refractivity (Wildman–Crippen MR) is 102 cm³/mol. The van der Waals surface area contributed by atoms with Crippen LogP contribution in [0.2, 0.25) is 0 Å². The molecule has 2 unspecified atom stereocenters. The lowest BCUT2D eigenvalue weighted by molar-refractivity contribution is -0.131. The highest BCUT2D eigenvalue weighted by atomic mass is 79.9. The molecule has 1 N–H and O–H groups in total. The summed E-state index contributed by atoms with van der Waals surface area (Å²) >= 11 is 6.88. The van der Waals surface area contributed by atoms with E-state index in [4.69, 9.17) is 0 Å². The SMILES string of the molecule is CC1(C)CCC2=Nc3ccnn3C(c3cc(Br)cc(Br)c3O)C2C1=O. The highest BCUT2D eigenvalue weighted by molar-refractivity contribution is 9.11. The standard InChI is InChI=1S/C18H17Br2N3O2/c1-18(2)5-3-12-14(17(18)25)15(23-13(22-12)4-6-21-23)10-7-9(19)8-11(20)16(10)24/h4,6-8,14-15,24H,3,5H2,1-2H3. The number of carbonyl (C=O) groups is 1. The van der Waals surface area contributed by atoms with Crippen molar-refractivity contribution in [1.82, 2.24) is 9.78 Å². The minimum atomic E-state index is -0.414. The molecule has 0 bridgehead atoms. The van der Waals surface area contributed by atoms with Crippen molar-refractivity contribution in [1.29, 1.82) is 0 Å². The first-order chi connectivity index (χ1) is 11.8. The number of carbonyl (C=O) groups excluding carboxylic acids is 1. The molecule has 4 rings (SSSR count). The van der Waals surface area contributed by atoms with Gasteiger partial charge in [0, 0.05) is 27.2 Å². The molecule has 1 aromatic heterocycles. The summed E-state index contributed by atoms with van der Waals surface area (Å²) in [4.78, 5) is 17.9. The van der Waals surface area contributed by atoms with E-state index < -0.39 is 17.4 Å². The maximum atomic E-state index is 13.3. The largest absolute Gasteiger partial charge is 0.506 e. The summed E-state index contributed by atoms with van der Waals surface area (Å²) in [6.07, 6.45) is 3.25. The number of ketones is 1. The second-order valence-electron chi connectivity index (χ2n) is 7.23. The van der Waals surface area contributed by atoms with Gasteiger partial charge < -0.3 is 5.11 Å². The Labute approximate surface area is 162 Å². The van der Waals surface area contributed by atoms with Crippen LogP contribution in [0.25, 0.3) is 0 Å². The number of rotatable bonds is 1. The van der Waals surface area contributed by atoms with Crippen molar-refractivity contribution < 1.29 is 9.90 Å². The summed E-state index contributed by atoms with van der Waals surface area (Å²) in [5.74, 6) is 0.591. The minimum Gasteiger partial charge on any atom is -0.506 e. The third-order valence-electron chi connectivity index (χ3n) is 5.18. The van der Waals surface area contributed by atoms with Gasteiger partial charge in [-0.05, 0) is 40.9 Å². The first kappa shape index (κ1) is 17.0. The van der Waals surface area contributed by atoms with Crippen molar-refractivity contribution in [2.45, 2.75) is 32.7 Å². The number of fused-ring (bicyclic) bond motifs is 2. The summed E-state index contributed by atoms with van der Waals surface area (Å²) < 4.78 is 3.16. The van der Waals surface area contributed by atoms with Crippen LogP contribution in [0.4, 0.5) is 5.82 Å². The van der Waals surface area contributed by atoms with Crippen LogP contribution < -0.4 is 0 Å². The van der Waals surface area contributed by atoms with Gasteiger partial charge in [-0.25, -0.2) is 9.67 Å². The Hall–Kier alpha value is -1.47. The molecule has 1 aliphatic heterocycles. The highest BCUT2D eigenvalue weighted by Crippen LogP contribution is 2.48. The van der Waals surface area contributed by atoms with Crippen LogP contribution in [0.1, 0.15) is 38.3 Å². The first-order valence-corrected chi connectivity index (χ1v) is 9.71. The number of Topliss-reactive ketones (excluding diaryl/α,β-unsaturated/α-hetero) is 1. The Morgan fingerprint density at radius 1 is 1.32 bits per heavy atom. The van der Waals surface area contributed by atoms with E-state index in [1.807, 2.05) is 26.0 Å². The Kier molecular flexibility index (Phi) is 3.92. The number of aliphatic imine (C=N–C) groups is 1. The predicted octanol–water partition coefficient (Wildman–Crippen LogP) is 4.79. The fourth-order valence-electron chi connectivity index (χ4n) is 3.76. The van der Waals surface area contributed by atoms with Crippen LogP contribution in [0.15, 0.2) is 38.3 Å².